The standard InChI is InChI=1S/C48H84NO8P/c1-6-8-10-12-14-16-18-20-22-23-24-25-27-28-30-32-34-36-38-40-47(50)54-44-46(45-56-58(52,53)55-43-42-49(3,4)5)57-48(51)41-39-37-35-33-31-29-26-21-19-17-15-13-11-9-7-2/h14,16,20,22,24-25,28-31,34,36,46H,6-13,15,17-19,21,23,26-27,32-33,35,37-45H2,1-5H3/p+1/b16-14+,22-20+,25-24+,30-28+,31-29+,36-34+/t46-/m1/s1. The second-order valence-corrected chi connectivity index (χ2v) is 17.5. The molecule has 0 heterocycles. The average molecular weight is 835 g/mol. The maximum atomic E-state index is 12.7. The quantitative estimate of drug-likeness (QED) is 0.0214. The molecule has 334 valence electrons. The van der Waals surface area contributed by atoms with Crippen molar-refractivity contribution in [1.29, 1.82) is 0 Å². The Labute approximate surface area is 355 Å². The Morgan fingerprint density at radius 1 is 0.534 bits per heavy atom. The number of ether oxygens (including phenoxy) is 2. The summed E-state index contributed by atoms with van der Waals surface area (Å²) in [7, 11) is 1.42. The minimum Gasteiger partial charge on any atom is -0.462 e. The molecule has 0 aliphatic carbocycles. The molecule has 0 amide bonds. The maximum Gasteiger partial charge on any atom is 0.472 e. The topological polar surface area (TPSA) is 108 Å². The highest BCUT2D eigenvalue weighted by atomic mass is 31.2. The summed E-state index contributed by atoms with van der Waals surface area (Å²) in [5, 5.41) is 0. The Balaban J connectivity index is 4.50. The van der Waals surface area contributed by atoms with Gasteiger partial charge in [-0.1, -0.05) is 151 Å². The third-order valence-electron chi connectivity index (χ3n) is 9.22. The van der Waals surface area contributed by atoms with Gasteiger partial charge in [-0.05, 0) is 77.0 Å². The number of quaternary nitrogens is 1. The molecule has 0 aliphatic heterocycles. The number of esters is 2. The van der Waals surface area contributed by atoms with Crippen molar-refractivity contribution >= 4 is 19.8 Å². The molecule has 0 aliphatic rings. The van der Waals surface area contributed by atoms with Crippen molar-refractivity contribution in [2.24, 2.45) is 0 Å². The molecule has 10 heteroatoms. The predicted octanol–water partition coefficient (Wildman–Crippen LogP) is 13.0. The van der Waals surface area contributed by atoms with Crippen LogP contribution >= 0.6 is 7.82 Å². The van der Waals surface area contributed by atoms with Gasteiger partial charge in [-0.2, -0.15) is 0 Å². The highest BCUT2D eigenvalue weighted by molar-refractivity contribution is 7.47. The van der Waals surface area contributed by atoms with E-state index in [0.717, 1.165) is 51.4 Å². The number of hydrogen-bond acceptors (Lipinski definition) is 7. The lowest BCUT2D eigenvalue weighted by atomic mass is 10.1. The monoisotopic (exact) mass is 835 g/mol. The van der Waals surface area contributed by atoms with E-state index in [4.69, 9.17) is 18.5 Å². The van der Waals surface area contributed by atoms with Crippen molar-refractivity contribution in [3.63, 3.8) is 0 Å². The van der Waals surface area contributed by atoms with E-state index < -0.39 is 32.5 Å². The predicted molar refractivity (Wildman–Crippen MR) is 242 cm³/mol. The summed E-state index contributed by atoms with van der Waals surface area (Å²) >= 11 is 0. The van der Waals surface area contributed by atoms with Crippen LogP contribution in [0, 0.1) is 0 Å². The van der Waals surface area contributed by atoms with Gasteiger partial charge >= 0.3 is 19.8 Å². The zero-order chi connectivity index (χ0) is 42.8. The lowest BCUT2D eigenvalue weighted by Gasteiger charge is -2.24. The molecule has 0 radical (unpaired) electrons. The Morgan fingerprint density at radius 2 is 0.966 bits per heavy atom. The lowest BCUT2D eigenvalue weighted by Crippen LogP contribution is -2.37. The van der Waals surface area contributed by atoms with Gasteiger partial charge in [0.1, 0.15) is 19.8 Å². The molecule has 0 aromatic carbocycles. The summed E-state index contributed by atoms with van der Waals surface area (Å²) in [4.78, 5) is 35.3. The van der Waals surface area contributed by atoms with Gasteiger partial charge in [0.25, 0.3) is 0 Å². The molecule has 1 unspecified atom stereocenters. The van der Waals surface area contributed by atoms with Crippen molar-refractivity contribution < 1.29 is 42.1 Å². The summed E-state index contributed by atoms with van der Waals surface area (Å²) < 4.78 is 34.2. The van der Waals surface area contributed by atoms with Gasteiger partial charge in [0.15, 0.2) is 6.10 Å². The van der Waals surface area contributed by atoms with Gasteiger partial charge in [-0.15, -0.1) is 0 Å². The SMILES string of the molecule is CCCCC/C=C/C/C=C/C/C=C/C/C=C/C/C=C/CCC(=O)OC[C@H](COP(=O)(O)OCC[N+](C)(C)C)OC(=O)CCCCC/C=C/CCCCCCCCCC. The van der Waals surface area contributed by atoms with Gasteiger partial charge in [0.2, 0.25) is 0 Å². The summed E-state index contributed by atoms with van der Waals surface area (Å²) in [5.41, 5.74) is 0. The van der Waals surface area contributed by atoms with Gasteiger partial charge < -0.3 is 18.9 Å². The number of unbranched alkanes of at least 4 members (excludes halogenated alkanes) is 14. The summed E-state index contributed by atoms with van der Waals surface area (Å²) in [6, 6.07) is 0. The maximum absolute atomic E-state index is 12.7. The molecular weight excluding hydrogens is 750 g/mol. The van der Waals surface area contributed by atoms with Crippen LogP contribution in [-0.2, 0) is 32.7 Å². The molecule has 0 spiro atoms. The number of rotatable bonds is 40. The van der Waals surface area contributed by atoms with Crippen LogP contribution in [0.5, 0.6) is 0 Å². The molecule has 0 aromatic heterocycles. The molecule has 0 bridgehead atoms. The van der Waals surface area contributed by atoms with Crippen molar-refractivity contribution in [2.75, 3.05) is 47.5 Å². The number of likely N-dealkylation sites (N-methyl/N-ethyl adjacent to an activating group) is 1. The third-order valence-corrected chi connectivity index (χ3v) is 10.2. The van der Waals surface area contributed by atoms with E-state index in [1.54, 1.807) is 0 Å². The van der Waals surface area contributed by atoms with E-state index in [-0.39, 0.29) is 26.1 Å². The van der Waals surface area contributed by atoms with E-state index >= 15 is 0 Å². The van der Waals surface area contributed by atoms with Crippen molar-refractivity contribution in [2.45, 2.75) is 174 Å². The number of phosphoric ester groups is 1. The highest BCUT2D eigenvalue weighted by Crippen LogP contribution is 2.43. The molecule has 9 nitrogen and oxygen atoms in total. The first-order valence-corrected chi connectivity index (χ1v) is 24.2. The van der Waals surface area contributed by atoms with E-state index in [9.17, 15) is 19.0 Å². The zero-order valence-electron chi connectivity index (χ0n) is 37.5. The molecule has 0 rings (SSSR count). The number of allylic oxidation sites excluding steroid dienone is 12. The Bertz CT molecular complexity index is 1220. The second-order valence-electron chi connectivity index (χ2n) is 16.1. The molecule has 0 aromatic rings. The molecule has 0 saturated carbocycles. The van der Waals surface area contributed by atoms with Crippen LogP contribution in [0.2, 0.25) is 0 Å². The second kappa shape index (κ2) is 39.9. The van der Waals surface area contributed by atoms with Crippen molar-refractivity contribution in [3.05, 3.63) is 72.9 Å². The highest BCUT2D eigenvalue weighted by Gasteiger charge is 2.27. The van der Waals surface area contributed by atoms with Crippen LogP contribution in [0.1, 0.15) is 168 Å². The summed E-state index contributed by atoms with van der Waals surface area (Å²) in [5.74, 6) is -0.918. The largest absolute Gasteiger partial charge is 0.472 e. The van der Waals surface area contributed by atoms with Crippen LogP contribution in [0.3, 0.4) is 0 Å². The van der Waals surface area contributed by atoms with E-state index in [0.29, 0.717) is 23.9 Å². The minimum atomic E-state index is -4.40. The first-order valence-electron chi connectivity index (χ1n) is 22.7. The van der Waals surface area contributed by atoms with E-state index in [1.165, 1.54) is 77.0 Å². The molecule has 0 fully saturated rings. The van der Waals surface area contributed by atoms with E-state index in [1.807, 2.05) is 33.3 Å². The van der Waals surface area contributed by atoms with Crippen LogP contribution in [-0.4, -0.2) is 74.9 Å². The van der Waals surface area contributed by atoms with Crippen LogP contribution in [0.4, 0.5) is 0 Å². The van der Waals surface area contributed by atoms with Crippen LogP contribution < -0.4 is 0 Å². The Morgan fingerprint density at radius 3 is 1.50 bits per heavy atom. The number of nitrogens with zero attached hydrogens (tertiary/aromatic N) is 1. The number of phosphoric acid groups is 1. The van der Waals surface area contributed by atoms with Gasteiger partial charge in [-0.3, -0.25) is 18.6 Å². The van der Waals surface area contributed by atoms with Gasteiger partial charge in [-0.25, -0.2) is 4.57 Å². The molecule has 2 atom stereocenters. The Hall–Kier alpha value is -2.55. The Kier molecular flexibility index (Phi) is 38.1. The molecule has 58 heavy (non-hydrogen) atoms. The van der Waals surface area contributed by atoms with Gasteiger partial charge in [0, 0.05) is 12.8 Å². The fourth-order valence-corrected chi connectivity index (χ4v) is 6.38. The number of hydrogen-bond donors (Lipinski definition) is 1. The number of carbonyl (C=O) groups is 2. The molecule has 1 N–H and O–H groups in total. The first kappa shape index (κ1) is 55.5. The molecule has 0 saturated heterocycles. The minimum absolute atomic E-state index is 0.0149. The molecular formula is C48H85NO8P+. The third kappa shape index (κ3) is 43.0. The van der Waals surface area contributed by atoms with Crippen molar-refractivity contribution in [3.8, 4) is 0 Å². The fraction of sp³-hybridized carbons (Fsp3) is 0.708. The fourth-order valence-electron chi connectivity index (χ4n) is 5.64. The smallest absolute Gasteiger partial charge is 0.462 e. The number of carbonyl (C=O) groups excluding carboxylic acids is 2. The van der Waals surface area contributed by atoms with E-state index in [2.05, 4.69) is 74.6 Å². The first-order chi connectivity index (χ1) is 28.0. The van der Waals surface area contributed by atoms with Crippen molar-refractivity contribution in [1.82, 2.24) is 0 Å². The normalized spacial score (nSPS) is 14.2. The summed E-state index contributed by atoms with van der Waals surface area (Å²) in [6.45, 7) is 4.28. The summed E-state index contributed by atoms with van der Waals surface area (Å²) in [6.07, 6.45) is 49.7. The zero-order valence-corrected chi connectivity index (χ0v) is 38.4. The van der Waals surface area contributed by atoms with Crippen LogP contribution in [0.15, 0.2) is 72.9 Å². The van der Waals surface area contributed by atoms with Crippen LogP contribution in [0.25, 0.3) is 0 Å². The lowest BCUT2D eigenvalue weighted by molar-refractivity contribution is -0.870. The van der Waals surface area contributed by atoms with Gasteiger partial charge in [0.05, 0.1) is 27.7 Å². The average Bonchev–Trinajstić information content (AvgIpc) is 3.17.